The Hall–Kier alpha value is -0.980. The van der Waals surface area contributed by atoms with E-state index >= 15 is 0 Å². The predicted octanol–water partition coefficient (Wildman–Crippen LogP) is 9.20. The van der Waals surface area contributed by atoms with Crippen molar-refractivity contribution in [2.24, 2.45) is 0 Å². The van der Waals surface area contributed by atoms with Crippen LogP contribution >= 0.6 is 0 Å². The largest absolute Gasteiger partial charge is 0.507 e. The molecule has 0 fully saturated rings. The third-order valence-corrected chi connectivity index (χ3v) is 6.12. The number of hydrogen-bond donors (Lipinski definition) is 1. The normalized spacial score (nSPS) is 11.2. The Morgan fingerprint density at radius 3 is 1.21 bits per heavy atom. The maximum absolute atomic E-state index is 9.85. The van der Waals surface area contributed by atoms with Gasteiger partial charge < -0.3 is 5.11 Å². The van der Waals surface area contributed by atoms with Crippen molar-refractivity contribution in [3.63, 3.8) is 0 Å². The van der Waals surface area contributed by atoms with Crippen LogP contribution in [0.4, 0.5) is 0 Å². The van der Waals surface area contributed by atoms with Gasteiger partial charge in [-0.1, -0.05) is 122 Å². The molecule has 0 heterocycles. The van der Waals surface area contributed by atoms with Gasteiger partial charge in [-0.3, -0.25) is 0 Å². The van der Waals surface area contributed by atoms with E-state index in [1.807, 2.05) is 13.8 Å². The van der Waals surface area contributed by atoms with E-state index in [4.69, 9.17) is 0 Å². The lowest BCUT2D eigenvalue weighted by molar-refractivity contribution is 0.466. The zero-order valence-corrected chi connectivity index (χ0v) is 19.3. The van der Waals surface area contributed by atoms with Gasteiger partial charge >= 0.3 is 0 Å². The maximum atomic E-state index is 9.85. The number of aryl methyl sites for hydroxylation is 3. The molecule has 1 N–H and O–H groups in total. The monoisotopic (exact) mass is 388 g/mol. The molecule has 162 valence electrons. The molecule has 0 aliphatic carbocycles. The molecular formula is C27H48O. The van der Waals surface area contributed by atoms with Crippen molar-refractivity contribution >= 4 is 0 Å². The number of benzene rings is 1. The minimum atomic E-state index is 0.464. The van der Waals surface area contributed by atoms with Crippen LogP contribution in [0.15, 0.2) is 12.1 Å². The molecule has 0 saturated carbocycles. The van der Waals surface area contributed by atoms with Gasteiger partial charge in [0.25, 0.3) is 0 Å². The van der Waals surface area contributed by atoms with Crippen LogP contribution in [0, 0.1) is 13.8 Å². The van der Waals surface area contributed by atoms with Gasteiger partial charge in [0, 0.05) is 0 Å². The van der Waals surface area contributed by atoms with Crippen molar-refractivity contribution in [3.05, 3.63) is 28.8 Å². The summed E-state index contributed by atoms with van der Waals surface area (Å²) in [6.45, 7) is 6.29. The predicted molar refractivity (Wildman–Crippen MR) is 125 cm³/mol. The zero-order valence-electron chi connectivity index (χ0n) is 19.3. The molecule has 0 bridgehead atoms. The summed E-state index contributed by atoms with van der Waals surface area (Å²) in [6, 6.07) is 4.30. The van der Waals surface area contributed by atoms with E-state index in [1.54, 1.807) is 0 Å². The Bertz CT molecular complexity index is 468. The Kier molecular flexibility index (Phi) is 15.1. The minimum absolute atomic E-state index is 0.464. The highest BCUT2D eigenvalue weighted by Crippen LogP contribution is 2.24. The van der Waals surface area contributed by atoms with Gasteiger partial charge in [0.15, 0.2) is 0 Å². The first kappa shape index (κ1) is 25.1. The van der Waals surface area contributed by atoms with Crippen LogP contribution in [0.25, 0.3) is 0 Å². The average Bonchev–Trinajstić information content (AvgIpc) is 2.68. The van der Waals surface area contributed by atoms with Crippen molar-refractivity contribution in [2.75, 3.05) is 0 Å². The van der Waals surface area contributed by atoms with E-state index in [0.29, 0.717) is 5.75 Å². The Labute approximate surface area is 176 Å². The van der Waals surface area contributed by atoms with Gasteiger partial charge in [0.1, 0.15) is 5.75 Å². The van der Waals surface area contributed by atoms with Gasteiger partial charge in [-0.15, -0.1) is 0 Å². The lowest BCUT2D eigenvalue weighted by Crippen LogP contribution is -1.90. The Morgan fingerprint density at radius 2 is 0.857 bits per heavy atom. The van der Waals surface area contributed by atoms with Gasteiger partial charge in [-0.2, -0.15) is 0 Å². The molecule has 0 radical (unpaired) electrons. The summed E-state index contributed by atoms with van der Waals surface area (Å²) < 4.78 is 0. The summed E-state index contributed by atoms with van der Waals surface area (Å²) in [7, 11) is 0. The Balaban J connectivity index is 1.82. The molecule has 0 atom stereocenters. The molecule has 0 unspecified atom stereocenters. The van der Waals surface area contributed by atoms with E-state index in [9.17, 15) is 5.11 Å². The second-order valence-corrected chi connectivity index (χ2v) is 8.99. The second kappa shape index (κ2) is 16.9. The quantitative estimate of drug-likeness (QED) is 0.248. The summed E-state index contributed by atoms with van der Waals surface area (Å²) >= 11 is 0. The van der Waals surface area contributed by atoms with Gasteiger partial charge in [0.05, 0.1) is 0 Å². The summed E-state index contributed by atoms with van der Waals surface area (Å²) in [5, 5.41) is 9.85. The van der Waals surface area contributed by atoms with Crippen molar-refractivity contribution in [1.82, 2.24) is 0 Å². The molecular weight excluding hydrogens is 340 g/mol. The number of phenols is 1. The molecule has 0 aliphatic rings. The standard InChI is InChI=1S/C27H48O/c1-4-5-6-7-8-9-10-11-12-13-14-15-16-17-18-19-20-21-26-22-24(2)27(28)25(3)23-26/h22-23,28H,4-21H2,1-3H3. The molecule has 0 saturated heterocycles. The van der Waals surface area contributed by atoms with Crippen LogP contribution in [-0.2, 0) is 6.42 Å². The second-order valence-electron chi connectivity index (χ2n) is 8.99. The lowest BCUT2D eigenvalue weighted by atomic mass is 10.00. The highest BCUT2D eigenvalue weighted by atomic mass is 16.3. The number of rotatable bonds is 18. The molecule has 1 nitrogen and oxygen atoms in total. The van der Waals surface area contributed by atoms with E-state index in [1.165, 1.54) is 115 Å². The summed E-state index contributed by atoms with van der Waals surface area (Å²) in [5.41, 5.74) is 3.41. The van der Waals surface area contributed by atoms with E-state index in [-0.39, 0.29) is 0 Å². The van der Waals surface area contributed by atoms with Gasteiger partial charge in [0.2, 0.25) is 0 Å². The topological polar surface area (TPSA) is 20.2 Å². The average molecular weight is 389 g/mol. The van der Waals surface area contributed by atoms with Crippen LogP contribution in [0.1, 0.15) is 133 Å². The molecule has 28 heavy (non-hydrogen) atoms. The number of unbranched alkanes of at least 4 members (excludes halogenated alkanes) is 16. The van der Waals surface area contributed by atoms with E-state index < -0.39 is 0 Å². The minimum Gasteiger partial charge on any atom is -0.507 e. The van der Waals surface area contributed by atoms with Gasteiger partial charge in [-0.25, -0.2) is 0 Å². The van der Waals surface area contributed by atoms with Crippen molar-refractivity contribution in [1.29, 1.82) is 0 Å². The Morgan fingerprint density at radius 1 is 0.536 bits per heavy atom. The van der Waals surface area contributed by atoms with Crippen LogP contribution in [0.5, 0.6) is 5.75 Å². The van der Waals surface area contributed by atoms with Crippen LogP contribution in [-0.4, -0.2) is 5.11 Å². The molecule has 1 rings (SSSR count). The van der Waals surface area contributed by atoms with Crippen LogP contribution in [0.3, 0.4) is 0 Å². The molecule has 0 spiro atoms. The number of phenolic OH excluding ortho intramolecular Hbond substituents is 1. The van der Waals surface area contributed by atoms with Gasteiger partial charge in [-0.05, 0) is 43.4 Å². The molecule has 1 heteroatoms. The molecule has 0 aromatic heterocycles. The first-order chi connectivity index (χ1) is 13.6. The molecule has 0 amide bonds. The fourth-order valence-corrected chi connectivity index (χ4v) is 4.24. The summed E-state index contributed by atoms with van der Waals surface area (Å²) in [4.78, 5) is 0. The fraction of sp³-hybridized carbons (Fsp3) is 0.778. The van der Waals surface area contributed by atoms with Crippen molar-refractivity contribution in [2.45, 2.75) is 136 Å². The summed E-state index contributed by atoms with van der Waals surface area (Å²) in [5.74, 6) is 0.464. The van der Waals surface area contributed by atoms with Crippen molar-refractivity contribution < 1.29 is 5.11 Å². The number of hydrogen-bond acceptors (Lipinski definition) is 1. The third kappa shape index (κ3) is 12.5. The fourth-order valence-electron chi connectivity index (χ4n) is 4.24. The van der Waals surface area contributed by atoms with Crippen molar-refractivity contribution in [3.8, 4) is 5.75 Å². The third-order valence-electron chi connectivity index (χ3n) is 6.12. The van der Waals surface area contributed by atoms with Crippen LogP contribution in [0.2, 0.25) is 0 Å². The molecule has 1 aromatic carbocycles. The van der Waals surface area contributed by atoms with E-state index in [0.717, 1.165) is 17.5 Å². The first-order valence-corrected chi connectivity index (χ1v) is 12.4. The number of aromatic hydroxyl groups is 1. The first-order valence-electron chi connectivity index (χ1n) is 12.4. The van der Waals surface area contributed by atoms with Crippen LogP contribution < -0.4 is 0 Å². The summed E-state index contributed by atoms with van der Waals surface area (Å²) in [6.07, 6.45) is 25.3. The SMILES string of the molecule is CCCCCCCCCCCCCCCCCCCc1cc(C)c(O)c(C)c1. The smallest absolute Gasteiger partial charge is 0.121 e. The molecule has 1 aromatic rings. The maximum Gasteiger partial charge on any atom is 0.121 e. The highest BCUT2D eigenvalue weighted by molar-refractivity contribution is 5.42. The van der Waals surface area contributed by atoms with E-state index in [2.05, 4.69) is 19.1 Å². The lowest BCUT2D eigenvalue weighted by Gasteiger charge is -2.08. The molecule has 0 aliphatic heterocycles. The zero-order chi connectivity index (χ0) is 20.5. The highest BCUT2D eigenvalue weighted by Gasteiger charge is 2.03.